The first-order chi connectivity index (χ1) is 9.11. The van der Waals surface area contributed by atoms with Crippen molar-refractivity contribution in [1.82, 2.24) is 5.32 Å². The van der Waals surface area contributed by atoms with E-state index < -0.39 is 0 Å². The number of halogens is 3. The van der Waals surface area contributed by atoms with Crippen LogP contribution in [0.4, 0.5) is 4.39 Å². The van der Waals surface area contributed by atoms with Crippen molar-refractivity contribution in [3.05, 3.63) is 68.9 Å². The van der Waals surface area contributed by atoms with E-state index in [1.54, 1.807) is 6.07 Å². The minimum absolute atomic E-state index is 0.104. The van der Waals surface area contributed by atoms with Crippen molar-refractivity contribution in [1.29, 1.82) is 0 Å². The van der Waals surface area contributed by atoms with Gasteiger partial charge in [0.05, 0.1) is 0 Å². The summed E-state index contributed by atoms with van der Waals surface area (Å²) >= 11 is 9.41. The van der Waals surface area contributed by atoms with Gasteiger partial charge in [0.2, 0.25) is 0 Å². The Bertz CT molecular complexity index is 574. The second-order valence-electron chi connectivity index (χ2n) is 4.30. The summed E-state index contributed by atoms with van der Waals surface area (Å²) in [6, 6.07) is 12.6. The summed E-state index contributed by atoms with van der Waals surface area (Å²) < 4.78 is 14.7. The predicted octanol–water partition coefficient (Wildman–Crippen LogP) is 4.74. The first-order valence-electron chi connectivity index (χ1n) is 5.97. The number of hydrogen-bond donors (Lipinski definition) is 1. The highest BCUT2D eigenvalue weighted by Crippen LogP contribution is 2.26. The molecule has 0 fully saturated rings. The zero-order valence-electron chi connectivity index (χ0n) is 10.5. The van der Waals surface area contributed by atoms with Crippen LogP contribution in [0.2, 0.25) is 5.02 Å². The van der Waals surface area contributed by atoms with Crippen molar-refractivity contribution in [3.63, 3.8) is 0 Å². The minimum Gasteiger partial charge on any atom is -0.313 e. The number of benzene rings is 2. The molecule has 2 aromatic rings. The molecular formula is C15H14BrClFN. The summed E-state index contributed by atoms with van der Waals surface area (Å²) in [6.45, 7) is 0. The minimum atomic E-state index is -0.222. The molecular weight excluding hydrogens is 329 g/mol. The van der Waals surface area contributed by atoms with Crippen LogP contribution in [-0.4, -0.2) is 7.05 Å². The van der Waals surface area contributed by atoms with E-state index in [2.05, 4.69) is 21.2 Å². The largest absolute Gasteiger partial charge is 0.313 e. The van der Waals surface area contributed by atoms with Gasteiger partial charge in [0.25, 0.3) is 0 Å². The van der Waals surface area contributed by atoms with Gasteiger partial charge in [-0.3, -0.25) is 0 Å². The van der Waals surface area contributed by atoms with Gasteiger partial charge in [0.1, 0.15) is 5.82 Å². The second-order valence-corrected chi connectivity index (χ2v) is 5.63. The molecule has 1 atom stereocenters. The molecule has 2 aromatic carbocycles. The van der Waals surface area contributed by atoms with E-state index >= 15 is 0 Å². The second kappa shape index (κ2) is 6.51. The molecule has 0 aromatic heterocycles. The molecule has 0 spiro atoms. The highest BCUT2D eigenvalue weighted by atomic mass is 79.9. The predicted molar refractivity (Wildman–Crippen MR) is 81.1 cm³/mol. The molecule has 0 heterocycles. The summed E-state index contributed by atoms with van der Waals surface area (Å²) in [5, 5.41) is 3.85. The van der Waals surface area contributed by atoms with E-state index in [0.29, 0.717) is 17.0 Å². The third kappa shape index (κ3) is 3.56. The van der Waals surface area contributed by atoms with Gasteiger partial charge in [0, 0.05) is 21.1 Å². The third-order valence-electron chi connectivity index (χ3n) is 3.07. The van der Waals surface area contributed by atoms with Gasteiger partial charge in [-0.1, -0.05) is 51.8 Å². The average Bonchev–Trinajstić information content (AvgIpc) is 2.39. The van der Waals surface area contributed by atoms with E-state index in [0.717, 1.165) is 10.0 Å². The average molecular weight is 343 g/mol. The first-order valence-corrected chi connectivity index (χ1v) is 7.14. The van der Waals surface area contributed by atoms with E-state index in [-0.39, 0.29) is 11.9 Å². The van der Waals surface area contributed by atoms with Crippen LogP contribution in [0.1, 0.15) is 17.2 Å². The van der Waals surface area contributed by atoms with Crippen molar-refractivity contribution in [3.8, 4) is 0 Å². The van der Waals surface area contributed by atoms with Gasteiger partial charge < -0.3 is 5.32 Å². The van der Waals surface area contributed by atoms with Crippen molar-refractivity contribution in [2.24, 2.45) is 0 Å². The van der Waals surface area contributed by atoms with Crippen LogP contribution in [0, 0.1) is 5.82 Å². The molecule has 0 saturated heterocycles. The van der Waals surface area contributed by atoms with Crippen LogP contribution in [0.5, 0.6) is 0 Å². The molecule has 2 rings (SSSR count). The molecule has 100 valence electrons. The fraction of sp³-hybridized carbons (Fsp3) is 0.200. The lowest BCUT2D eigenvalue weighted by Crippen LogP contribution is -2.20. The topological polar surface area (TPSA) is 12.0 Å². The Morgan fingerprint density at radius 1 is 1.26 bits per heavy atom. The normalized spacial score (nSPS) is 12.4. The molecule has 0 saturated carbocycles. The summed E-state index contributed by atoms with van der Waals surface area (Å²) in [4.78, 5) is 0. The van der Waals surface area contributed by atoms with Crippen LogP contribution < -0.4 is 5.32 Å². The Labute approximate surface area is 125 Å². The molecule has 0 aliphatic rings. The lowest BCUT2D eigenvalue weighted by atomic mass is 9.98. The number of hydrogen-bond acceptors (Lipinski definition) is 1. The first kappa shape index (κ1) is 14.5. The Kier molecular flexibility index (Phi) is 4.97. The summed E-state index contributed by atoms with van der Waals surface area (Å²) in [5.74, 6) is -0.222. The van der Waals surface area contributed by atoms with Crippen LogP contribution in [0.15, 0.2) is 46.9 Å². The SMILES string of the molecule is CNC(Cc1ccccc1Cl)c1ccc(Br)cc1F. The van der Waals surface area contributed by atoms with Crippen LogP contribution >= 0.6 is 27.5 Å². The molecule has 19 heavy (non-hydrogen) atoms. The van der Waals surface area contributed by atoms with Crippen molar-refractivity contribution >= 4 is 27.5 Å². The number of rotatable bonds is 4. The zero-order valence-corrected chi connectivity index (χ0v) is 12.8. The van der Waals surface area contributed by atoms with Gasteiger partial charge in [-0.25, -0.2) is 4.39 Å². The number of nitrogens with one attached hydrogen (secondary N) is 1. The van der Waals surface area contributed by atoms with E-state index in [1.165, 1.54) is 6.07 Å². The van der Waals surface area contributed by atoms with Crippen LogP contribution in [0.3, 0.4) is 0 Å². The molecule has 1 unspecified atom stereocenters. The molecule has 0 bridgehead atoms. The van der Waals surface area contributed by atoms with Gasteiger partial charge in [-0.05, 0) is 37.2 Å². The van der Waals surface area contributed by atoms with E-state index in [9.17, 15) is 4.39 Å². The molecule has 0 aliphatic carbocycles. The van der Waals surface area contributed by atoms with E-state index in [1.807, 2.05) is 37.4 Å². The quantitative estimate of drug-likeness (QED) is 0.846. The molecule has 1 N–H and O–H groups in total. The fourth-order valence-electron chi connectivity index (χ4n) is 2.04. The van der Waals surface area contributed by atoms with Gasteiger partial charge in [0.15, 0.2) is 0 Å². The highest BCUT2D eigenvalue weighted by Gasteiger charge is 2.16. The Balaban J connectivity index is 2.28. The van der Waals surface area contributed by atoms with Gasteiger partial charge in [-0.15, -0.1) is 0 Å². The van der Waals surface area contributed by atoms with Crippen molar-refractivity contribution < 1.29 is 4.39 Å². The van der Waals surface area contributed by atoms with E-state index in [4.69, 9.17) is 11.6 Å². The zero-order chi connectivity index (χ0) is 13.8. The van der Waals surface area contributed by atoms with Crippen molar-refractivity contribution in [2.45, 2.75) is 12.5 Å². The Morgan fingerprint density at radius 3 is 2.63 bits per heavy atom. The highest BCUT2D eigenvalue weighted by molar-refractivity contribution is 9.10. The molecule has 0 aliphatic heterocycles. The Hall–Kier alpha value is -0.900. The summed E-state index contributed by atoms with van der Waals surface area (Å²) in [7, 11) is 1.82. The maximum atomic E-state index is 14.0. The number of likely N-dealkylation sites (N-methyl/N-ethyl adjacent to an activating group) is 1. The smallest absolute Gasteiger partial charge is 0.129 e. The van der Waals surface area contributed by atoms with Crippen LogP contribution in [0.25, 0.3) is 0 Å². The monoisotopic (exact) mass is 341 g/mol. The summed E-state index contributed by atoms with van der Waals surface area (Å²) in [5.41, 5.74) is 1.65. The standard InChI is InChI=1S/C15H14BrClFN/c1-19-15(8-10-4-2-3-5-13(10)17)12-7-6-11(16)9-14(12)18/h2-7,9,15,19H,8H2,1H3. The maximum absolute atomic E-state index is 14.0. The van der Waals surface area contributed by atoms with Crippen LogP contribution in [-0.2, 0) is 6.42 Å². The molecule has 0 amide bonds. The maximum Gasteiger partial charge on any atom is 0.129 e. The van der Waals surface area contributed by atoms with Gasteiger partial charge in [-0.2, -0.15) is 0 Å². The fourth-order valence-corrected chi connectivity index (χ4v) is 2.58. The van der Waals surface area contributed by atoms with Crippen molar-refractivity contribution in [2.75, 3.05) is 7.05 Å². The lowest BCUT2D eigenvalue weighted by Gasteiger charge is -2.18. The molecule has 0 radical (unpaired) electrons. The molecule has 1 nitrogen and oxygen atoms in total. The van der Waals surface area contributed by atoms with Gasteiger partial charge >= 0.3 is 0 Å². The summed E-state index contributed by atoms with van der Waals surface area (Å²) in [6.07, 6.45) is 0.648. The lowest BCUT2D eigenvalue weighted by molar-refractivity contribution is 0.533. The molecule has 4 heteroatoms. The third-order valence-corrected chi connectivity index (χ3v) is 3.93. The Morgan fingerprint density at radius 2 is 2.00 bits per heavy atom.